The fourth-order valence-corrected chi connectivity index (χ4v) is 3.43. The van der Waals surface area contributed by atoms with Gasteiger partial charge in [0.1, 0.15) is 0 Å². The number of benzene rings is 1. The van der Waals surface area contributed by atoms with E-state index in [9.17, 15) is 8.42 Å². The zero-order valence-corrected chi connectivity index (χ0v) is 13.6. The Morgan fingerprint density at radius 3 is 2.62 bits per heavy atom. The molecule has 4 nitrogen and oxygen atoms in total. The Kier molecular flexibility index (Phi) is 6.73. The molecule has 0 saturated carbocycles. The topological polar surface area (TPSA) is 66.4 Å². The van der Waals surface area contributed by atoms with Crippen molar-refractivity contribution in [1.82, 2.24) is 0 Å². The number of nitrogens with one attached hydrogen (secondary N) is 1. The molecule has 2 N–H and O–H groups in total. The summed E-state index contributed by atoms with van der Waals surface area (Å²) >= 11 is 0. The average molecular weight is 309 g/mol. The van der Waals surface area contributed by atoms with Gasteiger partial charge in [0.05, 0.1) is 18.0 Å². The number of hydrogen-bond acceptors (Lipinski definition) is 3. The van der Waals surface area contributed by atoms with Gasteiger partial charge >= 0.3 is 0 Å². The van der Waals surface area contributed by atoms with Gasteiger partial charge in [0, 0.05) is 12.0 Å². The first-order valence-electron chi connectivity index (χ1n) is 7.11. The van der Waals surface area contributed by atoms with Crippen molar-refractivity contribution in [3.8, 4) is 11.8 Å². The van der Waals surface area contributed by atoms with Crippen LogP contribution in [0, 0.1) is 17.8 Å². The highest BCUT2D eigenvalue weighted by Gasteiger charge is 2.14. The van der Waals surface area contributed by atoms with E-state index in [0.29, 0.717) is 12.1 Å². The Hall–Kier alpha value is -1.51. The van der Waals surface area contributed by atoms with E-state index in [0.717, 1.165) is 17.5 Å². The van der Waals surface area contributed by atoms with Crippen LogP contribution in [-0.4, -0.2) is 25.9 Å². The number of aryl methyl sites for hydroxylation is 1. The summed E-state index contributed by atoms with van der Waals surface area (Å²) in [5, 5.41) is 8.71. The molecule has 0 aliphatic carbocycles. The fourth-order valence-electron chi connectivity index (χ4n) is 1.93. The Balaban J connectivity index is 2.97. The molecule has 5 heteroatoms. The third-order valence-electron chi connectivity index (χ3n) is 2.77. The summed E-state index contributed by atoms with van der Waals surface area (Å²) in [6.45, 7) is 5.76. The molecule has 1 aromatic carbocycles. The molecule has 0 aliphatic rings. The van der Waals surface area contributed by atoms with E-state index < -0.39 is 10.0 Å². The van der Waals surface area contributed by atoms with Crippen molar-refractivity contribution in [2.75, 3.05) is 17.1 Å². The Bertz CT molecular complexity index is 625. The lowest BCUT2D eigenvalue weighted by Crippen LogP contribution is -2.20. The lowest BCUT2D eigenvalue weighted by atomic mass is 10.1. The maximum atomic E-state index is 12.0. The average Bonchev–Trinajstić information content (AvgIpc) is 2.38. The number of hydrogen-bond donors (Lipinski definition) is 2. The van der Waals surface area contributed by atoms with Crippen molar-refractivity contribution in [2.24, 2.45) is 5.92 Å². The molecule has 0 unspecified atom stereocenters. The number of sulfonamides is 1. The third-order valence-corrected chi connectivity index (χ3v) is 4.41. The van der Waals surface area contributed by atoms with Crippen LogP contribution in [0.25, 0.3) is 0 Å². The lowest BCUT2D eigenvalue weighted by molar-refractivity contribution is 0.305. The van der Waals surface area contributed by atoms with Gasteiger partial charge in [-0.05, 0) is 36.1 Å². The van der Waals surface area contributed by atoms with Gasteiger partial charge in [-0.25, -0.2) is 8.42 Å². The standard InChI is InChI=1S/C16H23NO3S/c1-4-15-11-14(7-5-6-10-18)8-9-16(15)17-21(19,20)12-13(2)3/h8-9,11,13,17-18H,4,6,10,12H2,1-3H3. The van der Waals surface area contributed by atoms with Crippen LogP contribution in [0.1, 0.15) is 38.3 Å². The van der Waals surface area contributed by atoms with Crippen LogP contribution >= 0.6 is 0 Å². The minimum atomic E-state index is -3.32. The SMILES string of the molecule is CCc1cc(C#CCCO)ccc1NS(=O)(=O)CC(C)C. The summed E-state index contributed by atoms with van der Waals surface area (Å²) in [7, 11) is -3.32. The molecule has 0 atom stereocenters. The van der Waals surface area contributed by atoms with Crippen molar-refractivity contribution >= 4 is 15.7 Å². The second-order valence-corrected chi connectivity index (χ2v) is 7.05. The predicted molar refractivity (Wildman–Crippen MR) is 86.6 cm³/mol. The van der Waals surface area contributed by atoms with Crippen molar-refractivity contribution in [2.45, 2.75) is 33.6 Å². The van der Waals surface area contributed by atoms with E-state index in [1.165, 1.54) is 0 Å². The molecule has 0 radical (unpaired) electrons. The Morgan fingerprint density at radius 2 is 2.05 bits per heavy atom. The first kappa shape index (κ1) is 17.5. The van der Waals surface area contributed by atoms with Gasteiger partial charge in [-0.1, -0.05) is 32.6 Å². The molecule has 0 spiro atoms. The summed E-state index contributed by atoms with van der Waals surface area (Å²) in [5.74, 6) is 6.00. The molecule has 0 heterocycles. The van der Waals surface area contributed by atoms with E-state index in [1.54, 1.807) is 12.1 Å². The Morgan fingerprint density at radius 1 is 1.33 bits per heavy atom. The predicted octanol–water partition coefficient (Wildman–Crippen LogP) is 2.38. The van der Waals surface area contributed by atoms with E-state index in [4.69, 9.17) is 5.11 Å². The number of aliphatic hydroxyl groups is 1. The zero-order valence-electron chi connectivity index (χ0n) is 12.8. The van der Waals surface area contributed by atoms with Crippen molar-refractivity contribution in [3.05, 3.63) is 29.3 Å². The summed E-state index contributed by atoms with van der Waals surface area (Å²) in [5.41, 5.74) is 2.36. The molecule has 116 valence electrons. The van der Waals surface area contributed by atoms with Gasteiger partial charge in [0.2, 0.25) is 10.0 Å². The van der Waals surface area contributed by atoms with E-state index in [-0.39, 0.29) is 18.3 Å². The van der Waals surface area contributed by atoms with Crippen LogP contribution in [-0.2, 0) is 16.4 Å². The highest BCUT2D eigenvalue weighted by atomic mass is 32.2. The van der Waals surface area contributed by atoms with Gasteiger partial charge in [0.25, 0.3) is 0 Å². The van der Waals surface area contributed by atoms with Crippen LogP contribution in [0.3, 0.4) is 0 Å². The van der Waals surface area contributed by atoms with E-state index in [1.807, 2.05) is 26.8 Å². The summed E-state index contributed by atoms with van der Waals surface area (Å²) in [6.07, 6.45) is 1.15. The summed E-state index contributed by atoms with van der Waals surface area (Å²) in [4.78, 5) is 0. The highest BCUT2D eigenvalue weighted by molar-refractivity contribution is 7.92. The van der Waals surface area contributed by atoms with Crippen LogP contribution in [0.2, 0.25) is 0 Å². The Labute approximate surface area is 127 Å². The van der Waals surface area contributed by atoms with E-state index >= 15 is 0 Å². The monoisotopic (exact) mass is 309 g/mol. The molecule has 1 rings (SSSR count). The van der Waals surface area contributed by atoms with Gasteiger partial charge < -0.3 is 5.11 Å². The maximum absolute atomic E-state index is 12.0. The molecule has 0 aliphatic heterocycles. The molecule has 0 amide bonds. The number of rotatable bonds is 6. The molecule has 0 saturated heterocycles. The molecule has 0 bridgehead atoms. The van der Waals surface area contributed by atoms with Crippen LogP contribution in [0.5, 0.6) is 0 Å². The van der Waals surface area contributed by atoms with Crippen LogP contribution in [0.15, 0.2) is 18.2 Å². The molecular formula is C16H23NO3S. The normalized spacial score (nSPS) is 11.1. The molecule has 21 heavy (non-hydrogen) atoms. The molecule has 0 fully saturated rings. The smallest absolute Gasteiger partial charge is 0.232 e. The third kappa shape index (κ3) is 6.19. The van der Waals surface area contributed by atoms with E-state index in [2.05, 4.69) is 16.6 Å². The quantitative estimate of drug-likeness (QED) is 0.793. The van der Waals surface area contributed by atoms with Gasteiger partial charge in [-0.15, -0.1) is 0 Å². The molecule has 0 aromatic heterocycles. The first-order valence-corrected chi connectivity index (χ1v) is 8.76. The second-order valence-electron chi connectivity index (χ2n) is 5.28. The summed E-state index contributed by atoms with van der Waals surface area (Å²) in [6, 6.07) is 5.42. The lowest BCUT2D eigenvalue weighted by Gasteiger charge is -2.13. The molecule has 1 aromatic rings. The second kappa shape index (κ2) is 8.06. The largest absolute Gasteiger partial charge is 0.395 e. The van der Waals surface area contributed by atoms with Gasteiger partial charge in [-0.2, -0.15) is 0 Å². The maximum Gasteiger partial charge on any atom is 0.232 e. The molecular weight excluding hydrogens is 286 g/mol. The highest BCUT2D eigenvalue weighted by Crippen LogP contribution is 2.20. The minimum Gasteiger partial charge on any atom is -0.395 e. The number of aliphatic hydroxyl groups excluding tert-OH is 1. The zero-order chi connectivity index (χ0) is 15.9. The van der Waals surface area contributed by atoms with Crippen molar-refractivity contribution in [3.63, 3.8) is 0 Å². The minimum absolute atomic E-state index is 0.0424. The fraction of sp³-hybridized carbons (Fsp3) is 0.500. The summed E-state index contributed by atoms with van der Waals surface area (Å²) < 4.78 is 26.7. The van der Waals surface area contributed by atoms with Crippen molar-refractivity contribution in [1.29, 1.82) is 0 Å². The van der Waals surface area contributed by atoms with Crippen LogP contribution in [0.4, 0.5) is 5.69 Å². The number of anilines is 1. The van der Waals surface area contributed by atoms with Gasteiger partial charge in [-0.3, -0.25) is 4.72 Å². The van der Waals surface area contributed by atoms with Crippen LogP contribution < -0.4 is 4.72 Å². The first-order chi connectivity index (χ1) is 9.88. The van der Waals surface area contributed by atoms with Gasteiger partial charge in [0.15, 0.2) is 0 Å². The van der Waals surface area contributed by atoms with Crippen molar-refractivity contribution < 1.29 is 13.5 Å².